The number of amides is 1. The minimum absolute atomic E-state index is 0.0221. The number of carbonyl (C=O) groups is 2. The molecule has 1 aromatic heterocycles. The molecule has 1 aromatic rings. The lowest BCUT2D eigenvalue weighted by molar-refractivity contribution is -0.133. The van der Waals surface area contributed by atoms with Crippen molar-refractivity contribution in [3.63, 3.8) is 0 Å². The summed E-state index contributed by atoms with van der Waals surface area (Å²) in [6.45, 7) is 8.56. The Balaban J connectivity index is 2.01. The molecule has 1 aliphatic heterocycles. The molecule has 2 heterocycles. The van der Waals surface area contributed by atoms with E-state index in [1.807, 2.05) is 30.6 Å². The summed E-state index contributed by atoms with van der Waals surface area (Å²) in [6, 6.07) is 3.18. The number of carboxylic acids is 1. The minimum Gasteiger partial charge on any atom is -0.478 e. The third kappa shape index (κ3) is 3.96. The number of carboxylic acid groups (broad SMARTS) is 1. The first-order chi connectivity index (χ1) is 10.3. The van der Waals surface area contributed by atoms with Crippen LogP contribution in [0.2, 0.25) is 0 Å². The summed E-state index contributed by atoms with van der Waals surface area (Å²) in [5.74, 6) is -0.334. The van der Waals surface area contributed by atoms with Crippen molar-refractivity contribution in [2.45, 2.75) is 27.2 Å². The van der Waals surface area contributed by atoms with E-state index in [0.717, 1.165) is 0 Å². The van der Waals surface area contributed by atoms with Gasteiger partial charge in [0.15, 0.2) is 0 Å². The highest BCUT2D eigenvalue weighted by Gasteiger charge is 2.26. The highest BCUT2D eigenvalue weighted by Crippen LogP contribution is 2.22. The highest BCUT2D eigenvalue weighted by atomic mass is 16.4. The first-order valence-corrected chi connectivity index (χ1v) is 7.49. The second-order valence-electron chi connectivity index (χ2n) is 6.78. The quantitative estimate of drug-likeness (QED) is 0.922. The van der Waals surface area contributed by atoms with E-state index in [0.29, 0.717) is 38.4 Å². The van der Waals surface area contributed by atoms with E-state index in [1.54, 1.807) is 18.3 Å². The third-order valence-corrected chi connectivity index (χ3v) is 3.63. The summed E-state index contributed by atoms with van der Waals surface area (Å²) in [5, 5.41) is 9.23. The number of carbonyl (C=O) groups excluding carboxylic acids is 1. The number of rotatable bonds is 3. The number of nitrogens with zero attached hydrogens (tertiary/aromatic N) is 3. The molecule has 1 fully saturated rings. The topological polar surface area (TPSA) is 73.7 Å². The van der Waals surface area contributed by atoms with Crippen LogP contribution in [0.3, 0.4) is 0 Å². The van der Waals surface area contributed by atoms with E-state index in [4.69, 9.17) is 0 Å². The van der Waals surface area contributed by atoms with Crippen molar-refractivity contribution >= 4 is 17.7 Å². The first kappa shape index (κ1) is 16.3. The lowest BCUT2D eigenvalue weighted by atomic mass is 9.91. The molecule has 1 aliphatic rings. The second-order valence-corrected chi connectivity index (χ2v) is 6.78. The maximum Gasteiger partial charge on any atom is 0.339 e. The maximum absolute atomic E-state index is 12.2. The molecule has 0 aromatic carbocycles. The van der Waals surface area contributed by atoms with Crippen LogP contribution < -0.4 is 4.90 Å². The van der Waals surface area contributed by atoms with Gasteiger partial charge in [-0.1, -0.05) is 20.8 Å². The Morgan fingerprint density at radius 1 is 1.23 bits per heavy atom. The van der Waals surface area contributed by atoms with Gasteiger partial charge >= 0.3 is 5.97 Å². The molecule has 0 saturated carbocycles. The highest BCUT2D eigenvalue weighted by molar-refractivity contribution is 5.93. The summed E-state index contributed by atoms with van der Waals surface area (Å²) in [4.78, 5) is 31.5. The minimum atomic E-state index is -0.977. The van der Waals surface area contributed by atoms with Crippen LogP contribution in [0.5, 0.6) is 0 Å². The van der Waals surface area contributed by atoms with Gasteiger partial charge in [0.1, 0.15) is 11.4 Å². The maximum atomic E-state index is 12.2. The first-order valence-electron chi connectivity index (χ1n) is 7.49. The number of anilines is 1. The van der Waals surface area contributed by atoms with Crippen molar-refractivity contribution in [3.8, 4) is 0 Å². The van der Waals surface area contributed by atoms with Crippen LogP contribution in [0.1, 0.15) is 37.6 Å². The van der Waals surface area contributed by atoms with Crippen LogP contribution in [0.25, 0.3) is 0 Å². The zero-order valence-corrected chi connectivity index (χ0v) is 13.4. The van der Waals surface area contributed by atoms with E-state index in [-0.39, 0.29) is 16.9 Å². The number of pyridine rings is 1. The average Bonchev–Trinajstić information content (AvgIpc) is 2.45. The van der Waals surface area contributed by atoms with E-state index < -0.39 is 5.97 Å². The molecular formula is C16H23N3O3. The standard InChI is InChI=1S/C16H23N3O3/c1-16(2,3)11-13(20)18-7-9-19(10-8-18)14-12(15(21)22)5-4-6-17-14/h4-6H,7-11H2,1-3H3,(H,21,22). The van der Waals surface area contributed by atoms with Gasteiger partial charge in [-0.05, 0) is 17.5 Å². The molecule has 0 radical (unpaired) electrons. The number of hydrogen-bond acceptors (Lipinski definition) is 4. The summed E-state index contributed by atoms with van der Waals surface area (Å²) >= 11 is 0. The van der Waals surface area contributed by atoms with Crippen LogP contribution in [0, 0.1) is 5.41 Å². The van der Waals surface area contributed by atoms with Crippen LogP contribution in [-0.4, -0.2) is 53.0 Å². The number of aromatic nitrogens is 1. The smallest absolute Gasteiger partial charge is 0.339 e. The zero-order chi connectivity index (χ0) is 16.3. The molecule has 2 rings (SSSR count). The molecule has 0 bridgehead atoms. The Hall–Kier alpha value is -2.11. The normalized spacial score (nSPS) is 15.8. The van der Waals surface area contributed by atoms with Crippen molar-refractivity contribution in [3.05, 3.63) is 23.9 Å². The van der Waals surface area contributed by atoms with Gasteiger partial charge in [-0.3, -0.25) is 4.79 Å². The van der Waals surface area contributed by atoms with Gasteiger partial charge in [-0.2, -0.15) is 0 Å². The number of piperazine rings is 1. The summed E-state index contributed by atoms with van der Waals surface area (Å²) in [6.07, 6.45) is 2.12. The molecular weight excluding hydrogens is 282 g/mol. The van der Waals surface area contributed by atoms with Crippen molar-refractivity contribution in [1.29, 1.82) is 0 Å². The molecule has 0 unspecified atom stereocenters. The fourth-order valence-corrected chi connectivity index (χ4v) is 2.55. The Morgan fingerprint density at radius 2 is 1.86 bits per heavy atom. The molecule has 22 heavy (non-hydrogen) atoms. The molecule has 1 N–H and O–H groups in total. The van der Waals surface area contributed by atoms with Crippen LogP contribution in [0.15, 0.2) is 18.3 Å². The third-order valence-electron chi connectivity index (χ3n) is 3.63. The van der Waals surface area contributed by atoms with E-state index in [9.17, 15) is 14.7 Å². The predicted molar refractivity (Wildman–Crippen MR) is 84.1 cm³/mol. The van der Waals surface area contributed by atoms with E-state index in [2.05, 4.69) is 4.98 Å². The Morgan fingerprint density at radius 3 is 2.41 bits per heavy atom. The van der Waals surface area contributed by atoms with Gasteiger partial charge in [-0.15, -0.1) is 0 Å². The molecule has 0 aliphatic carbocycles. The van der Waals surface area contributed by atoms with Crippen molar-refractivity contribution in [2.75, 3.05) is 31.1 Å². The molecule has 0 atom stereocenters. The number of aromatic carboxylic acids is 1. The Kier molecular flexibility index (Phi) is 4.68. The molecule has 120 valence electrons. The van der Waals surface area contributed by atoms with Gasteiger partial charge in [0, 0.05) is 38.8 Å². The van der Waals surface area contributed by atoms with Gasteiger partial charge in [0.25, 0.3) is 0 Å². The lowest BCUT2D eigenvalue weighted by Crippen LogP contribution is -2.50. The Bertz CT molecular complexity index is 558. The lowest BCUT2D eigenvalue weighted by Gasteiger charge is -2.36. The van der Waals surface area contributed by atoms with Crippen LogP contribution in [-0.2, 0) is 4.79 Å². The SMILES string of the molecule is CC(C)(C)CC(=O)N1CCN(c2ncccc2C(=O)O)CC1. The summed E-state index contributed by atoms with van der Waals surface area (Å²) in [5.41, 5.74) is 0.183. The van der Waals surface area contributed by atoms with E-state index in [1.165, 1.54) is 0 Å². The summed E-state index contributed by atoms with van der Waals surface area (Å²) in [7, 11) is 0. The monoisotopic (exact) mass is 305 g/mol. The molecule has 1 saturated heterocycles. The average molecular weight is 305 g/mol. The zero-order valence-electron chi connectivity index (χ0n) is 13.4. The fraction of sp³-hybridized carbons (Fsp3) is 0.562. The molecule has 0 spiro atoms. The molecule has 6 heteroatoms. The fourth-order valence-electron chi connectivity index (χ4n) is 2.55. The second kappa shape index (κ2) is 6.34. The van der Waals surface area contributed by atoms with Crippen LogP contribution >= 0.6 is 0 Å². The molecule has 1 amide bonds. The number of hydrogen-bond donors (Lipinski definition) is 1. The predicted octanol–water partition coefficient (Wildman–Crippen LogP) is 1.86. The largest absolute Gasteiger partial charge is 0.478 e. The molecule has 6 nitrogen and oxygen atoms in total. The van der Waals surface area contributed by atoms with Gasteiger partial charge in [0.05, 0.1) is 0 Å². The van der Waals surface area contributed by atoms with Gasteiger partial charge < -0.3 is 14.9 Å². The van der Waals surface area contributed by atoms with Crippen molar-refractivity contribution < 1.29 is 14.7 Å². The summed E-state index contributed by atoms with van der Waals surface area (Å²) < 4.78 is 0. The van der Waals surface area contributed by atoms with Crippen molar-refractivity contribution in [1.82, 2.24) is 9.88 Å². The van der Waals surface area contributed by atoms with Gasteiger partial charge in [-0.25, -0.2) is 9.78 Å². The van der Waals surface area contributed by atoms with Gasteiger partial charge in [0.2, 0.25) is 5.91 Å². The van der Waals surface area contributed by atoms with Crippen molar-refractivity contribution in [2.24, 2.45) is 5.41 Å². The van der Waals surface area contributed by atoms with E-state index >= 15 is 0 Å². The Labute approximate surface area is 130 Å². The van der Waals surface area contributed by atoms with Crippen LogP contribution in [0.4, 0.5) is 5.82 Å².